The predicted molar refractivity (Wildman–Crippen MR) is 91.3 cm³/mol. The number of thiazole rings is 1. The third kappa shape index (κ3) is 2.89. The van der Waals surface area contributed by atoms with Gasteiger partial charge in [0.25, 0.3) is 5.56 Å². The smallest absolute Gasteiger partial charge is 0.259 e. The van der Waals surface area contributed by atoms with E-state index < -0.39 is 0 Å². The van der Waals surface area contributed by atoms with Crippen LogP contribution >= 0.6 is 11.3 Å². The van der Waals surface area contributed by atoms with Crippen molar-refractivity contribution in [2.45, 2.75) is 25.9 Å². The third-order valence-corrected chi connectivity index (χ3v) is 5.27. The van der Waals surface area contributed by atoms with Crippen molar-refractivity contribution in [2.75, 3.05) is 0 Å². The Balaban J connectivity index is 1.63. The minimum absolute atomic E-state index is 0.00936. The Hall–Kier alpha value is -2.72. The molecule has 0 saturated heterocycles. The fraction of sp³-hybridized carbons (Fsp3) is 0.278. The van der Waals surface area contributed by atoms with E-state index in [9.17, 15) is 9.18 Å². The van der Waals surface area contributed by atoms with Crippen LogP contribution in [0.1, 0.15) is 28.6 Å². The lowest BCUT2D eigenvalue weighted by atomic mass is 10.2. The van der Waals surface area contributed by atoms with Crippen LogP contribution in [0.15, 0.2) is 35.1 Å². The Labute approximate surface area is 146 Å². The van der Waals surface area contributed by atoms with E-state index in [0.29, 0.717) is 16.4 Å². The molecule has 2 heterocycles. The van der Waals surface area contributed by atoms with E-state index >= 15 is 0 Å². The third-order valence-electron chi connectivity index (χ3n) is 4.29. The summed E-state index contributed by atoms with van der Waals surface area (Å²) in [7, 11) is 0. The number of nitrogens with zero attached hydrogens (tertiary/aromatic N) is 3. The van der Waals surface area contributed by atoms with Crippen molar-refractivity contribution in [3.8, 4) is 11.8 Å². The molecule has 1 aliphatic rings. The highest BCUT2D eigenvalue weighted by Gasteiger charge is 2.42. The van der Waals surface area contributed by atoms with Crippen LogP contribution in [0.25, 0.3) is 4.96 Å². The molecule has 5 nitrogen and oxygen atoms in total. The molecule has 25 heavy (non-hydrogen) atoms. The molecule has 1 saturated carbocycles. The van der Waals surface area contributed by atoms with Gasteiger partial charge >= 0.3 is 0 Å². The molecule has 0 radical (unpaired) electrons. The molecule has 0 spiro atoms. The van der Waals surface area contributed by atoms with Gasteiger partial charge < -0.3 is 4.74 Å². The van der Waals surface area contributed by atoms with E-state index in [1.54, 1.807) is 4.40 Å². The maximum Gasteiger partial charge on any atom is 0.259 e. The number of hydrogen-bond acceptors (Lipinski definition) is 5. The summed E-state index contributed by atoms with van der Waals surface area (Å²) < 4.78 is 20.1. The average Bonchev–Trinajstić information content (AvgIpc) is 3.29. The number of benzene rings is 1. The van der Waals surface area contributed by atoms with Crippen LogP contribution in [0.2, 0.25) is 0 Å². The molecule has 0 aliphatic heterocycles. The Bertz CT molecular complexity index is 1050. The number of halogens is 1. The second-order valence-electron chi connectivity index (χ2n) is 6.07. The summed E-state index contributed by atoms with van der Waals surface area (Å²) in [6.07, 6.45) is 0.797. The summed E-state index contributed by atoms with van der Waals surface area (Å²) in [4.78, 5) is 18.7. The number of rotatable bonds is 4. The Morgan fingerprint density at radius 1 is 1.44 bits per heavy atom. The van der Waals surface area contributed by atoms with Crippen LogP contribution < -0.4 is 10.3 Å². The predicted octanol–water partition coefficient (Wildman–Crippen LogP) is 3.41. The number of hydrogen-bond donors (Lipinski definition) is 0. The minimum Gasteiger partial charge on any atom is -0.487 e. The second-order valence-corrected chi connectivity index (χ2v) is 7.25. The fourth-order valence-electron chi connectivity index (χ4n) is 2.97. The zero-order valence-corrected chi connectivity index (χ0v) is 14.2. The van der Waals surface area contributed by atoms with Crippen molar-refractivity contribution in [2.24, 2.45) is 5.92 Å². The van der Waals surface area contributed by atoms with E-state index in [-0.39, 0.29) is 29.8 Å². The summed E-state index contributed by atoms with van der Waals surface area (Å²) in [5, 5.41) is 9.06. The van der Waals surface area contributed by atoms with Crippen LogP contribution in [-0.4, -0.2) is 9.38 Å². The highest BCUT2D eigenvalue weighted by Crippen LogP contribution is 2.48. The van der Waals surface area contributed by atoms with Crippen LogP contribution in [0.3, 0.4) is 0 Å². The van der Waals surface area contributed by atoms with Gasteiger partial charge in [-0.25, -0.2) is 9.37 Å². The molecule has 4 rings (SSSR count). The first-order valence-electron chi connectivity index (χ1n) is 7.87. The molecular formula is C18H14FN3O2S. The minimum atomic E-state index is -0.331. The number of aryl methyl sites for hydroxylation is 1. The molecule has 3 aromatic rings. The first-order chi connectivity index (χ1) is 12.1. The zero-order valence-electron chi connectivity index (χ0n) is 13.4. The van der Waals surface area contributed by atoms with Crippen molar-refractivity contribution in [1.29, 1.82) is 5.26 Å². The van der Waals surface area contributed by atoms with Crippen molar-refractivity contribution >= 4 is 16.3 Å². The topological polar surface area (TPSA) is 67.4 Å². The zero-order chi connectivity index (χ0) is 17.6. The molecule has 0 amide bonds. The van der Waals surface area contributed by atoms with E-state index in [1.165, 1.54) is 41.7 Å². The molecule has 1 aromatic carbocycles. The molecular weight excluding hydrogens is 341 g/mol. The number of aromatic nitrogens is 2. The maximum absolute atomic E-state index is 12.9. The van der Waals surface area contributed by atoms with Crippen molar-refractivity contribution in [3.63, 3.8) is 0 Å². The molecule has 0 unspecified atom stereocenters. The van der Waals surface area contributed by atoms with Gasteiger partial charge in [0, 0.05) is 22.6 Å². The summed E-state index contributed by atoms with van der Waals surface area (Å²) in [5.74, 6) is 0.299. The Morgan fingerprint density at radius 3 is 2.88 bits per heavy atom. The van der Waals surface area contributed by atoms with Gasteiger partial charge in [0.15, 0.2) is 4.96 Å². The highest BCUT2D eigenvalue weighted by atomic mass is 32.1. The van der Waals surface area contributed by atoms with Gasteiger partial charge in [-0.3, -0.25) is 9.20 Å². The largest absolute Gasteiger partial charge is 0.487 e. The average molecular weight is 355 g/mol. The highest BCUT2D eigenvalue weighted by molar-refractivity contribution is 7.17. The van der Waals surface area contributed by atoms with Gasteiger partial charge in [-0.15, -0.1) is 11.3 Å². The van der Waals surface area contributed by atoms with Crippen LogP contribution in [0, 0.1) is 30.0 Å². The van der Waals surface area contributed by atoms with Gasteiger partial charge in [0.05, 0.1) is 17.7 Å². The second kappa shape index (κ2) is 5.97. The molecule has 0 N–H and O–H groups in total. The summed E-state index contributed by atoms with van der Waals surface area (Å²) in [6, 6.07) is 9.41. The molecule has 2 aromatic heterocycles. The molecule has 0 bridgehead atoms. The monoisotopic (exact) mass is 355 g/mol. The maximum atomic E-state index is 12.9. The van der Waals surface area contributed by atoms with E-state index in [2.05, 4.69) is 11.1 Å². The Kier molecular flexibility index (Phi) is 3.77. The van der Waals surface area contributed by atoms with Crippen molar-refractivity contribution < 1.29 is 9.13 Å². The van der Waals surface area contributed by atoms with Gasteiger partial charge in [0.1, 0.15) is 18.2 Å². The number of nitriles is 1. The normalized spacial score (nSPS) is 18.9. The molecule has 1 aliphatic carbocycles. The molecule has 7 heteroatoms. The number of fused-ring (bicyclic) bond motifs is 1. The lowest BCUT2D eigenvalue weighted by Gasteiger charge is -2.06. The first-order valence-corrected chi connectivity index (χ1v) is 8.68. The molecule has 1 fully saturated rings. The van der Waals surface area contributed by atoms with Crippen molar-refractivity contribution in [3.05, 3.63) is 62.8 Å². The van der Waals surface area contributed by atoms with Crippen LogP contribution in [-0.2, 0) is 6.61 Å². The van der Waals surface area contributed by atoms with Gasteiger partial charge in [-0.05, 0) is 37.6 Å². The summed E-state index contributed by atoms with van der Waals surface area (Å²) in [6.45, 7) is 2.09. The molecule has 126 valence electrons. The SMILES string of the molecule is Cc1sc2nc(COc3ccc(F)cc3)cc(=O)n2c1[C@@H]1C[C@H]1C#N. The van der Waals surface area contributed by atoms with Crippen LogP contribution in [0.4, 0.5) is 4.39 Å². The van der Waals surface area contributed by atoms with E-state index in [4.69, 9.17) is 10.00 Å². The standard InChI is InChI=1S/C18H14FN3O2S/c1-10-17(15-6-11(15)8-20)22-16(23)7-13(21-18(22)25-10)9-24-14-4-2-12(19)3-5-14/h2-5,7,11,15H,6,9H2,1H3/t11-,15+/m0/s1. The van der Waals surface area contributed by atoms with Gasteiger partial charge in [-0.1, -0.05) is 0 Å². The fourth-order valence-corrected chi connectivity index (χ4v) is 4.04. The lowest BCUT2D eigenvalue weighted by Crippen LogP contribution is -2.17. The van der Waals surface area contributed by atoms with E-state index in [1.807, 2.05) is 6.92 Å². The first kappa shape index (κ1) is 15.8. The van der Waals surface area contributed by atoms with E-state index in [0.717, 1.165) is 17.0 Å². The van der Waals surface area contributed by atoms with Crippen molar-refractivity contribution in [1.82, 2.24) is 9.38 Å². The van der Waals surface area contributed by atoms with Gasteiger partial charge in [-0.2, -0.15) is 5.26 Å². The quantitative estimate of drug-likeness (QED) is 0.719. The summed E-state index contributed by atoms with van der Waals surface area (Å²) >= 11 is 1.45. The Morgan fingerprint density at radius 2 is 2.20 bits per heavy atom. The number of ether oxygens (including phenoxy) is 1. The lowest BCUT2D eigenvalue weighted by molar-refractivity contribution is 0.301. The van der Waals surface area contributed by atoms with Gasteiger partial charge in [0.2, 0.25) is 0 Å². The summed E-state index contributed by atoms with van der Waals surface area (Å²) in [5.41, 5.74) is 1.27. The molecule has 2 atom stereocenters. The van der Waals surface area contributed by atoms with Crippen LogP contribution in [0.5, 0.6) is 5.75 Å².